The molecule has 0 saturated heterocycles. The van der Waals surface area contributed by atoms with E-state index in [1.54, 1.807) is 13.8 Å². The summed E-state index contributed by atoms with van der Waals surface area (Å²) in [5, 5.41) is 39.3. The third-order valence-corrected chi connectivity index (χ3v) is 15.8. The van der Waals surface area contributed by atoms with Crippen molar-refractivity contribution in [1.82, 2.24) is 0 Å². The molecule has 0 aromatic heterocycles. The zero-order chi connectivity index (χ0) is 71.2. The molecule has 2 aromatic rings. The number of rotatable bonds is 37. The largest absolute Gasteiger partial charge is 0.479 e. The summed E-state index contributed by atoms with van der Waals surface area (Å²) < 4.78 is 47.5. The first kappa shape index (κ1) is 86.5. The average Bonchev–Trinajstić information content (AvgIpc) is 1.67. The van der Waals surface area contributed by atoms with Gasteiger partial charge in [-0.3, -0.25) is 28.8 Å². The Labute approximate surface area is 567 Å². The number of allylic oxidation sites excluding steroid dienone is 4. The summed E-state index contributed by atoms with van der Waals surface area (Å²) in [6.45, 7) is 17.5. The van der Waals surface area contributed by atoms with Gasteiger partial charge in [0, 0.05) is 58.8 Å². The molecule has 2 fully saturated rings. The van der Waals surface area contributed by atoms with Crippen molar-refractivity contribution in [1.29, 1.82) is 0 Å². The Hall–Kier alpha value is -7.50. The standard InChI is InChI=1S/C41H58O14.C26H40O5.C5H8O4.CH4/c1-25(2)49-38(45)19-15-10-9-14-18-34-35(23-22-33(21-20-32-16-12-11-13-17-32)53-39(46)26(3)50-29(6)42)37(55-41(48)28(5)52-31(8)44)24-36(34)54-40(47)27(4)51-30(7)43;1-19(2)31-26(30)13-9-4-3-8-12-22-23(25(29)18-24(22)28)17-16-21(27)15-14-20-10-6-5-7-11-20;1-3(5(7)8)9-4(2)6;/h9,11-14,16-17,25-28,33-37H,10,15,18-24H2,1-8H3;3,5-8,10-11,19,21-25,27-29H,4,9,12-18H2,1-2H3;3H,1-2H3,(H,7,8);1H4/b14-9-;8-3-;;/t26-,27-,28-,33?,34?,35?,36?,37?;;3-;/m0.0./s1. The fourth-order valence-electron chi connectivity index (χ4n) is 11.2. The molecular formula is C73H110O23. The smallest absolute Gasteiger partial charge is 0.347 e. The predicted molar refractivity (Wildman–Crippen MR) is 356 cm³/mol. The Kier molecular flexibility index (Phi) is 42.7. The maximum atomic E-state index is 13.2. The van der Waals surface area contributed by atoms with Crippen molar-refractivity contribution in [3.63, 3.8) is 0 Å². The maximum Gasteiger partial charge on any atom is 0.347 e. The summed E-state index contributed by atoms with van der Waals surface area (Å²) in [6.07, 6.45) is 8.97. The summed E-state index contributed by atoms with van der Waals surface area (Å²) in [5.41, 5.74) is 2.25. The van der Waals surface area contributed by atoms with Crippen LogP contribution in [0, 0.1) is 23.7 Å². The van der Waals surface area contributed by atoms with E-state index < -0.39 is 121 Å². The molecule has 0 bridgehead atoms. The van der Waals surface area contributed by atoms with Gasteiger partial charge in [-0.25, -0.2) is 19.2 Å². The van der Waals surface area contributed by atoms with Crippen LogP contribution in [-0.4, -0.2) is 153 Å². The van der Waals surface area contributed by atoms with Gasteiger partial charge in [-0.2, -0.15) is 0 Å². The lowest BCUT2D eigenvalue weighted by atomic mass is 9.85. The third-order valence-electron chi connectivity index (χ3n) is 15.8. The van der Waals surface area contributed by atoms with Crippen molar-refractivity contribution in [2.24, 2.45) is 23.7 Å². The molecule has 96 heavy (non-hydrogen) atoms. The quantitative estimate of drug-likeness (QED) is 0.0211. The number of carbonyl (C=O) groups excluding carboxylic acids is 9. The van der Waals surface area contributed by atoms with Crippen LogP contribution < -0.4 is 0 Å². The van der Waals surface area contributed by atoms with E-state index in [-0.39, 0.29) is 56.3 Å². The molecule has 2 aliphatic rings. The molecule has 23 heteroatoms. The van der Waals surface area contributed by atoms with E-state index in [0.717, 1.165) is 24.8 Å². The van der Waals surface area contributed by atoms with Crippen molar-refractivity contribution in [3.05, 3.63) is 96.1 Å². The van der Waals surface area contributed by atoms with Gasteiger partial charge in [0.2, 0.25) is 0 Å². The van der Waals surface area contributed by atoms with Gasteiger partial charge in [0.05, 0.1) is 30.5 Å². The Balaban J connectivity index is 0.000000936. The number of hydrogen-bond acceptors (Lipinski definition) is 22. The van der Waals surface area contributed by atoms with Crippen LogP contribution >= 0.6 is 0 Å². The van der Waals surface area contributed by atoms with Crippen LogP contribution in [-0.2, 0) is 103 Å². The predicted octanol–water partition coefficient (Wildman–Crippen LogP) is 10.5. The van der Waals surface area contributed by atoms with Gasteiger partial charge < -0.3 is 63.1 Å². The van der Waals surface area contributed by atoms with Gasteiger partial charge in [0.15, 0.2) is 24.4 Å². The van der Waals surface area contributed by atoms with E-state index in [1.165, 1.54) is 61.0 Å². The highest BCUT2D eigenvalue weighted by Gasteiger charge is 2.48. The topological polar surface area (TPSA) is 335 Å². The molecule has 4 N–H and O–H groups in total. The molecule has 0 spiro atoms. The molecule has 540 valence electrons. The number of hydrogen-bond donors (Lipinski definition) is 4. The molecule has 23 nitrogen and oxygen atoms in total. The molecule has 0 amide bonds. The van der Waals surface area contributed by atoms with Gasteiger partial charge in [-0.15, -0.1) is 0 Å². The highest BCUT2D eigenvalue weighted by atomic mass is 16.6. The minimum Gasteiger partial charge on any atom is -0.479 e. The summed E-state index contributed by atoms with van der Waals surface area (Å²) in [6, 6.07) is 19.8. The average molecular weight is 1360 g/mol. The lowest BCUT2D eigenvalue weighted by Crippen LogP contribution is -2.34. The van der Waals surface area contributed by atoms with Crippen molar-refractivity contribution in [3.8, 4) is 0 Å². The number of carboxylic acid groups (broad SMARTS) is 1. The molecule has 14 atom stereocenters. The first-order valence-corrected chi connectivity index (χ1v) is 33.2. The fourth-order valence-corrected chi connectivity index (χ4v) is 11.2. The van der Waals surface area contributed by atoms with E-state index in [0.29, 0.717) is 83.5 Å². The van der Waals surface area contributed by atoms with Crippen LogP contribution in [0.2, 0.25) is 0 Å². The monoisotopic (exact) mass is 1350 g/mol. The zero-order valence-corrected chi connectivity index (χ0v) is 57.6. The van der Waals surface area contributed by atoms with Crippen LogP contribution in [0.1, 0.15) is 204 Å². The summed E-state index contributed by atoms with van der Waals surface area (Å²) >= 11 is 0. The lowest BCUT2D eigenvalue weighted by Gasteiger charge is -2.28. The van der Waals surface area contributed by atoms with Crippen molar-refractivity contribution in [2.45, 2.75) is 279 Å². The van der Waals surface area contributed by atoms with E-state index >= 15 is 0 Å². The van der Waals surface area contributed by atoms with E-state index in [2.05, 4.69) is 22.9 Å². The lowest BCUT2D eigenvalue weighted by molar-refractivity contribution is -0.172. The van der Waals surface area contributed by atoms with Crippen molar-refractivity contribution in [2.75, 3.05) is 0 Å². The number of aryl methyl sites for hydroxylation is 2. The molecule has 0 aliphatic heterocycles. The highest BCUT2D eigenvalue weighted by molar-refractivity contribution is 5.80. The Morgan fingerprint density at radius 2 is 0.854 bits per heavy atom. The minimum absolute atomic E-state index is 0. The molecule has 2 aliphatic carbocycles. The summed E-state index contributed by atoms with van der Waals surface area (Å²) in [5.74, 6) is -7.20. The number of unbranched alkanes of at least 4 members (excludes halogenated alkanes) is 2. The van der Waals surface area contributed by atoms with Crippen LogP contribution in [0.15, 0.2) is 85.0 Å². The Bertz CT molecular complexity index is 2710. The number of esters is 9. The highest BCUT2D eigenvalue weighted by Crippen LogP contribution is 2.43. The van der Waals surface area contributed by atoms with Crippen molar-refractivity contribution >= 4 is 59.7 Å². The van der Waals surface area contributed by atoms with Crippen molar-refractivity contribution < 1.29 is 111 Å². The first-order chi connectivity index (χ1) is 44.9. The Morgan fingerprint density at radius 3 is 1.28 bits per heavy atom. The summed E-state index contributed by atoms with van der Waals surface area (Å²) in [4.78, 5) is 118. The fraction of sp³-hybridized carbons (Fsp3) is 0.644. The molecule has 0 radical (unpaired) electrons. The molecule has 2 saturated carbocycles. The second-order valence-corrected chi connectivity index (χ2v) is 24.7. The van der Waals surface area contributed by atoms with Crippen LogP contribution in [0.4, 0.5) is 0 Å². The number of aliphatic hydroxyl groups excluding tert-OH is 3. The number of benzene rings is 2. The Morgan fingerprint density at radius 1 is 0.458 bits per heavy atom. The normalized spacial score (nSPS) is 20.6. The summed E-state index contributed by atoms with van der Waals surface area (Å²) in [7, 11) is 0. The SMILES string of the molecule is C.CC(=O)O[C@@H](C)C(=O)O.CC(=O)O[C@@H](C)C(=O)OC(CCc1ccccc1)CCC1C(OC(=O)[C@H](C)OC(C)=O)CC(OC(=O)[C@H](C)OC(C)=O)C1C/C=C\CCCC(=O)OC(C)C.CC(C)OC(=O)CCC/C=C\CC1C(O)CC(O)C1CCC(O)CCc1ccccc1. The minimum atomic E-state index is -1.20. The van der Waals surface area contributed by atoms with Crippen LogP contribution in [0.5, 0.6) is 0 Å². The molecule has 0 heterocycles. The number of carbonyl (C=O) groups is 10. The molecular weight excluding hydrogens is 1240 g/mol. The third kappa shape index (κ3) is 37.1. The van der Waals surface area contributed by atoms with Gasteiger partial charge in [-0.1, -0.05) is 92.4 Å². The number of ether oxygens (including phenoxy) is 9. The van der Waals surface area contributed by atoms with Gasteiger partial charge in [0.25, 0.3) is 0 Å². The van der Waals surface area contributed by atoms with E-state index in [1.807, 2.05) is 80.6 Å². The van der Waals surface area contributed by atoms with Crippen LogP contribution in [0.25, 0.3) is 0 Å². The number of aliphatic hydroxyl groups is 3. The second-order valence-electron chi connectivity index (χ2n) is 24.7. The van der Waals surface area contributed by atoms with Gasteiger partial charge in [-0.05, 0) is 175 Å². The molecule has 2 aromatic carbocycles. The van der Waals surface area contributed by atoms with E-state index in [4.69, 9.17) is 43.0 Å². The number of aliphatic carboxylic acids is 1. The number of carboxylic acids is 1. The van der Waals surface area contributed by atoms with E-state index in [9.17, 15) is 63.3 Å². The van der Waals surface area contributed by atoms with Gasteiger partial charge >= 0.3 is 59.7 Å². The second kappa shape index (κ2) is 47.4. The maximum absolute atomic E-state index is 13.2. The molecule has 10 unspecified atom stereocenters. The van der Waals surface area contributed by atoms with Crippen LogP contribution in [0.3, 0.4) is 0 Å². The molecule has 4 rings (SSSR count). The zero-order valence-electron chi connectivity index (χ0n) is 57.6. The first-order valence-electron chi connectivity index (χ1n) is 33.2. The van der Waals surface area contributed by atoms with Gasteiger partial charge in [0.1, 0.15) is 18.3 Å².